The molecule has 0 bridgehead atoms. The van der Waals surface area contributed by atoms with E-state index >= 15 is 0 Å². The average molecular weight is 232 g/mol. The summed E-state index contributed by atoms with van der Waals surface area (Å²) in [6.07, 6.45) is 1.41. The summed E-state index contributed by atoms with van der Waals surface area (Å²) in [5, 5.41) is 11.9. The highest BCUT2D eigenvalue weighted by molar-refractivity contribution is 6.32. The minimum atomic E-state index is -0.444. The monoisotopic (exact) mass is 231 g/mol. The van der Waals surface area contributed by atoms with E-state index in [0.717, 1.165) is 0 Å². The van der Waals surface area contributed by atoms with Gasteiger partial charge in [-0.1, -0.05) is 0 Å². The lowest BCUT2D eigenvalue weighted by atomic mass is 10.1. The minimum Gasteiger partial charge on any atom is -0.452 e. The first-order valence-corrected chi connectivity index (χ1v) is 5.10. The fraction of sp³-hybridized carbons (Fsp3) is 0.500. The number of aliphatic hydroxyl groups is 1. The van der Waals surface area contributed by atoms with Crippen LogP contribution < -0.4 is 5.32 Å². The van der Waals surface area contributed by atoms with Crippen molar-refractivity contribution in [2.24, 2.45) is 0 Å². The van der Waals surface area contributed by atoms with Crippen molar-refractivity contribution < 1.29 is 14.3 Å². The van der Waals surface area contributed by atoms with Crippen LogP contribution in [-0.4, -0.2) is 23.2 Å². The second-order valence-corrected chi connectivity index (χ2v) is 3.91. The molecule has 1 heterocycles. The third kappa shape index (κ3) is 3.57. The van der Waals surface area contributed by atoms with Gasteiger partial charge in [0.25, 0.3) is 5.91 Å². The second-order valence-electron chi connectivity index (χ2n) is 3.57. The first-order chi connectivity index (χ1) is 7.00. The molecule has 15 heavy (non-hydrogen) atoms. The Morgan fingerprint density at radius 2 is 2.33 bits per heavy atom. The van der Waals surface area contributed by atoms with Crippen molar-refractivity contribution in [3.05, 3.63) is 23.1 Å². The molecule has 2 atom stereocenters. The van der Waals surface area contributed by atoms with Crippen LogP contribution >= 0.6 is 11.6 Å². The molecule has 1 aromatic rings. The number of furan rings is 1. The lowest BCUT2D eigenvalue weighted by Gasteiger charge is -2.14. The Kier molecular flexibility index (Phi) is 4.17. The van der Waals surface area contributed by atoms with E-state index < -0.39 is 6.10 Å². The van der Waals surface area contributed by atoms with Crippen molar-refractivity contribution in [1.82, 2.24) is 5.32 Å². The third-order valence-electron chi connectivity index (χ3n) is 1.93. The van der Waals surface area contributed by atoms with Gasteiger partial charge in [-0.2, -0.15) is 0 Å². The van der Waals surface area contributed by atoms with Crippen LogP contribution in [0.5, 0.6) is 0 Å². The van der Waals surface area contributed by atoms with E-state index in [-0.39, 0.29) is 17.2 Å². The molecule has 0 aliphatic carbocycles. The molecule has 1 aromatic heterocycles. The average Bonchev–Trinajstić information content (AvgIpc) is 2.49. The van der Waals surface area contributed by atoms with E-state index in [0.29, 0.717) is 12.0 Å². The number of hydrogen-bond donors (Lipinski definition) is 2. The van der Waals surface area contributed by atoms with E-state index in [1.165, 1.54) is 12.3 Å². The van der Waals surface area contributed by atoms with Crippen LogP contribution in [0.15, 0.2) is 16.7 Å². The van der Waals surface area contributed by atoms with Gasteiger partial charge in [-0.05, 0) is 37.9 Å². The molecule has 0 spiro atoms. The molecule has 2 N–H and O–H groups in total. The highest BCUT2D eigenvalue weighted by Gasteiger charge is 2.15. The van der Waals surface area contributed by atoms with Gasteiger partial charge in [0.15, 0.2) is 0 Å². The van der Waals surface area contributed by atoms with E-state index in [9.17, 15) is 4.79 Å². The smallest absolute Gasteiger partial charge is 0.256 e. The Hall–Kier alpha value is -1.00. The fourth-order valence-electron chi connectivity index (χ4n) is 1.33. The summed E-state index contributed by atoms with van der Waals surface area (Å²) in [5.74, 6) is -0.290. The molecule has 2 unspecified atom stereocenters. The molecule has 0 saturated heterocycles. The maximum atomic E-state index is 11.6. The minimum absolute atomic E-state index is 0.0803. The maximum Gasteiger partial charge on any atom is 0.256 e. The zero-order valence-corrected chi connectivity index (χ0v) is 9.41. The summed E-state index contributed by atoms with van der Waals surface area (Å²) >= 11 is 5.65. The van der Waals surface area contributed by atoms with Crippen LogP contribution in [0.3, 0.4) is 0 Å². The number of halogens is 1. The van der Waals surface area contributed by atoms with Crippen molar-refractivity contribution >= 4 is 17.5 Å². The number of carbonyl (C=O) groups is 1. The topological polar surface area (TPSA) is 62.5 Å². The summed E-state index contributed by atoms with van der Waals surface area (Å²) < 4.78 is 4.80. The lowest BCUT2D eigenvalue weighted by molar-refractivity contribution is 0.0922. The van der Waals surface area contributed by atoms with Crippen LogP contribution in [0, 0.1) is 0 Å². The number of amides is 1. The van der Waals surface area contributed by atoms with Gasteiger partial charge in [-0.15, -0.1) is 0 Å². The number of carbonyl (C=O) groups excluding carboxylic acids is 1. The molecule has 5 heteroatoms. The van der Waals surface area contributed by atoms with Gasteiger partial charge in [-0.25, -0.2) is 0 Å². The van der Waals surface area contributed by atoms with E-state index in [2.05, 4.69) is 5.32 Å². The summed E-state index contributed by atoms with van der Waals surface area (Å²) in [6.45, 7) is 3.49. The van der Waals surface area contributed by atoms with E-state index in [1.54, 1.807) is 6.92 Å². The zero-order chi connectivity index (χ0) is 11.4. The molecule has 0 radical (unpaired) electrons. The molecule has 0 aliphatic rings. The van der Waals surface area contributed by atoms with Crippen LogP contribution in [0.1, 0.15) is 30.6 Å². The van der Waals surface area contributed by atoms with Crippen LogP contribution in [0.2, 0.25) is 5.22 Å². The molecule has 1 rings (SSSR count). The molecule has 84 valence electrons. The molecule has 0 fully saturated rings. The van der Waals surface area contributed by atoms with Crippen LogP contribution in [-0.2, 0) is 0 Å². The Morgan fingerprint density at radius 3 is 2.80 bits per heavy atom. The van der Waals surface area contributed by atoms with Crippen molar-refractivity contribution in [3.8, 4) is 0 Å². The Labute approximate surface area is 93.2 Å². The molecule has 0 aliphatic heterocycles. The zero-order valence-electron chi connectivity index (χ0n) is 8.66. The van der Waals surface area contributed by atoms with E-state index in [1.807, 2.05) is 6.92 Å². The normalized spacial score (nSPS) is 14.7. The van der Waals surface area contributed by atoms with Crippen molar-refractivity contribution in [2.45, 2.75) is 32.4 Å². The van der Waals surface area contributed by atoms with Crippen LogP contribution in [0.25, 0.3) is 0 Å². The summed E-state index contributed by atoms with van der Waals surface area (Å²) in [6, 6.07) is 1.40. The number of hydrogen-bond acceptors (Lipinski definition) is 3. The largest absolute Gasteiger partial charge is 0.452 e. The first kappa shape index (κ1) is 12.1. The molecule has 0 saturated carbocycles. The van der Waals surface area contributed by atoms with Gasteiger partial charge in [-0.3, -0.25) is 4.79 Å². The Bertz CT molecular complexity index is 335. The first-order valence-electron chi connectivity index (χ1n) is 4.72. The van der Waals surface area contributed by atoms with Gasteiger partial charge in [0.2, 0.25) is 5.22 Å². The summed E-state index contributed by atoms with van der Waals surface area (Å²) in [5.41, 5.74) is 0.314. The summed E-state index contributed by atoms with van der Waals surface area (Å²) in [7, 11) is 0. The molecular weight excluding hydrogens is 218 g/mol. The standard InChI is InChI=1S/C10H14ClNO3/c1-6(5-7(2)13)12-10(14)8-3-4-15-9(8)11/h3-4,6-7,13H,5H2,1-2H3,(H,12,14). The SMILES string of the molecule is CC(O)CC(C)NC(=O)c1ccoc1Cl. The molecular formula is C10H14ClNO3. The molecule has 0 aromatic carbocycles. The lowest BCUT2D eigenvalue weighted by Crippen LogP contribution is -2.34. The van der Waals surface area contributed by atoms with Gasteiger partial charge in [0, 0.05) is 6.04 Å². The Morgan fingerprint density at radius 1 is 1.67 bits per heavy atom. The number of aliphatic hydroxyl groups excluding tert-OH is 1. The Balaban J connectivity index is 2.53. The van der Waals surface area contributed by atoms with Crippen molar-refractivity contribution in [2.75, 3.05) is 0 Å². The van der Waals surface area contributed by atoms with Crippen LogP contribution in [0.4, 0.5) is 0 Å². The van der Waals surface area contributed by atoms with Gasteiger partial charge < -0.3 is 14.8 Å². The third-order valence-corrected chi connectivity index (χ3v) is 2.23. The second kappa shape index (κ2) is 5.19. The fourth-order valence-corrected chi connectivity index (χ4v) is 1.53. The quantitative estimate of drug-likeness (QED) is 0.831. The summed E-state index contributed by atoms with van der Waals surface area (Å²) in [4.78, 5) is 11.6. The predicted octanol–water partition coefficient (Wildman–Crippen LogP) is 1.82. The maximum absolute atomic E-state index is 11.6. The van der Waals surface area contributed by atoms with Gasteiger partial charge >= 0.3 is 0 Å². The predicted molar refractivity (Wildman–Crippen MR) is 56.9 cm³/mol. The highest BCUT2D eigenvalue weighted by atomic mass is 35.5. The highest BCUT2D eigenvalue weighted by Crippen LogP contribution is 2.16. The van der Waals surface area contributed by atoms with Gasteiger partial charge in [0.05, 0.1) is 17.9 Å². The number of rotatable bonds is 4. The number of nitrogens with one attached hydrogen (secondary N) is 1. The van der Waals surface area contributed by atoms with Crippen molar-refractivity contribution in [1.29, 1.82) is 0 Å². The van der Waals surface area contributed by atoms with Crippen molar-refractivity contribution in [3.63, 3.8) is 0 Å². The van der Waals surface area contributed by atoms with Gasteiger partial charge in [0.1, 0.15) is 0 Å². The molecule has 4 nitrogen and oxygen atoms in total. The molecule has 1 amide bonds. The van der Waals surface area contributed by atoms with E-state index in [4.69, 9.17) is 21.1 Å².